The van der Waals surface area contributed by atoms with E-state index in [-0.39, 0.29) is 0 Å². The first-order valence-electron chi connectivity index (χ1n) is 5.17. The van der Waals surface area contributed by atoms with Crippen molar-refractivity contribution in [1.29, 1.82) is 0 Å². The molecule has 0 heterocycles. The van der Waals surface area contributed by atoms with E-state index in [0.717, 1.165) is 0 Å². The fourth-order valence-corrected chi connectivity index (χ4v) is 1.34. The molecule has 0 saturated carbocycles. The maximum absolute atomic E-state index is 5.53. The maximum Gasteiger partial charge on any atom is 0.0109 e. The third-order valence-electron chi connectivity index (χ3n) is 2.49. The summed E-state index contributed by atoms with van der Waals surface area (Å²) in [4.78, 5) is 0. The first-order valence-corrected chi connectivity index (χ1v) is 5.17. The predicted molar refractivity (Wildman–Crippen MR) is 60.6 cm³/mol. The van der Waals surface area contributed by atoms with E-state index < -0.39 is 0 Å². The fourth-order valence-electron chi connectivity index (χ4n) is 1.34. The second kappa shape index (κ2) is 6.90. The largest absolute Gasteiger partial charge is 0.327 e. The molecule has 1 unspecified atom stereocenters. The standard InChI is InChI=1S/C12H23N/c1-5-6-7-12(8-9-13)11(4)10(2)3/h8,11H,2,5-7,9,13H2,1,3-4H3/b12-8+. The van der Waals surface area contributed by atoms with Crippen molar-refractivity contribution in [1.82, 2.24) is 0 Å². The molecule has 2 N–H and O–H groups in total. The molecule has 0 rings (SSSR count). The topological polar surface area (TPSA) is 26.0 Å². The monoisotopic (exact) mass is 181 g/mol. The zero-order valence-electron chi connectivity index (χ0n) is 9.27. The van der Waals surface area contributed by atoms with Gasteiger partial charge >= 0.3 is 0 Å². The molecule has 1 heteroatoms. The summed E-state index contributed by atoms with van der Waals surface area (Å²) in [5, 5.41) is 0. The number of unbranched alkanes of at least 4 members (excludes halogenated alkanes) is 1. The van der Waals surface area contributed by atoms with Crippen LogP contribution in [-0.4, -0.2) is 6.54 Å². The van der Waals surface area contributed by atoms with E-state index in [1.165, 1.54) is 30.4 Å². The van der Waals surface area contributed by atoms with E-state index in [1.54, 1.807) is 0 Å². The van der Waals surface area contributed by atoms with Crippen LogP contribution in [0.15, 0.2) is 23.8 Å². The summed E-state index contributed by atoms with van der Waals surface area (Å²) in [6, 6.07) is 0. The Labute approximate surface area is 82.7 Å². The van der Waals surface area contributed by atoms with Gasteiger partial charge in [0.25, 0.3) is 0 Å². The van der Waals surface area contributed by atoms with Crippen molar-refractivity contribution in [2.45, 2.75) is 40.0 Å². The average Bonchev–Trinajstić information content (AvgIpc) is 2.11. The molecule has 1 nitrogen and oxygen atoms in total. The van der Waals surface area contributed by atoms with Gasteiger partial charge in [-0.15, -0.1) is 0 Å². The summed E-state index contributed by atoms with van der Waals surface area (Å²) in [5.74, 6) is 0.495. The number of allylic oxidation sites excluding steroid dienone is 2. The molecular formula is C12H23N. The van der Waals surface area contributed by atoms with E-state index in [1.807, 2.05) is 0 Å². The van der Waals surface area contributed by atoms with Gasteiger partial charge in [-0.2, -0.15) is 0 Å². The number of rotatable bonds is 6. The molecule has 0 aliphatic carbocycles. The maximum atomic E-state index is 5.53. The second-order valence-electron chi connectivity index (χ2n) is 3.69. The average molecular weight is 181 g/mol. The van der Waals surface area contributed by atoms with Crippen LogP contribution in [0.25, 0.3) is 0 Å². The summed E-state index contributed by atoms with van der Waals surface area (Å²) in [7, 11) is 0. The molecule has 76 valence electrons. The molecule has 0 amide bonds. The van der Waals surface area contributed by atoms with E-state index in [0.29, 0.717) is 12.5 Å². The van der Waals surface area contributed by atoms with Gasteiger partial charge in [-0.1, -0.05) is 44.1 Å². The Morgan fingerprint density at radius 3 is 2.54 bits per heavy atom. The number of hydrogen-bond donors (Lipinski definition) is 1. The van der Waals surface area contributed by atoms with Gasteiger partial charge in [-0.25, -0.2) is 0 Å². The minimum absolute atomic E-state index is 0.495. The normalized spacial score (nSPS) is 14.3. The number of nitrogens with two attached hydrogens (primary N) is 1. The van der Waals surface area contributed by atoms with Gasteiger partial charge in [-0.05, 0) is 25.7 Å². The van der Waals surface area contributed by atoms with Gasteiger partial charge < -0.3 is 5.73 Å². The van der Waals surface area contributed by atoms with E-state index >= 15 is 0 Å². The molecule has 0 aromatic rings. The van der Waals surface area contributed by atoms with Crippen molar-refractivity contribution >= 4 is 0 Å². The summed E-state index contributed by atoms with van der Waals surface area (Å²) in [6.07, 6.45) is 5.81. The van der Waals surface area contributed by atoms with Crippen molar-refractivity contribution in [3.63, 3.8) is 0 Å². The molecule has 0 fully saturated rings. The molecule has 0 radical (unpaired) electrons. The summed E-state index contributed by atoms with van der Waals surface area (Å²) < 4.78 is 0. The predicted octanol–water partition coefficient (Wildman–Crippen LogP) is 3.27. The Bertz CT molecular complexity index is 180. The quantitative estimate of drug-likeness (QED) is 0.625. The highest BCUT2D eigenvalue weighted by atomic mass is 14.5. The highest BCUT2D eigenvalue weighted by molar-refractivity contribution is 5.16. The van der Waals surface area contributed by atoms with Crippen LogP contribution >= 0.6 is 0 Å². The Hall–Kier alpha value is -0.560. The number of hydrogen-bond acceptors (Lipinski definition) is 1. The minimum Gasteiger partial charge on any atom is -0.327 e. The Kier molecular flexibility index (Phi) is 6.61. The van der Waals surface area contributed by atoms with Crippen LogP contribution in [0.5, 0.6) is 0 Å². The molecule has 0 aliphatic heterocycles. The highest BCUT2D eigenvalue weighted by Crippen LogP contribution is 2.22. The lowest BCUT2D eigenvalue weighted by Crippen LogP contribution is -2.04. The Morgan fingerprint density at radius 1 is 1.54 bits per heavy atom. The minimum atomic E-state index is 0.495. The van der Waals surface area contributed by atoms with E-state index in [9.17, 15) is 0 Å². The first kappa shape index (κ1) is 12.4. The van der Waals surface area contributed by atoms with Crippen molar-refractivity contribution in [3.05, 3.63) is 23.8 Å². The second-order valence-corrected chi connectivity index (χ2v) is 3.69. The summed E-state index contributed by atoms with van der Waals surface area (Å²) in [5.41, 5.74) is 8.22. The molecular weight excluding hydrogens is 158 g/mol. The smallest absolute Gasteiger partial charge is 0.0109 e. The molecule has 0 spiro atoms. The van der Waals surface area contributed by atoms with Gasteiger partial charge in [0.2, 0.25) is 0 Å². The summed E-state index contributed by atoms with van der Waals surface area (Å²) >= 11 is 0. The third kappa shape index (κ3) is 4.89. The van der Waals surface area contributed by atoms with Crippen LogP contribution in [-0.2, 0) is 0 Å². The van der Waals surface area contributed by atoms with Crippen LogP contribution in [0.2, 0.25) is 0 Å². The van der Waals surface area contributed by atoms with Gasteiger partial charge in [-0.3, -0.25) is 0 Å². The fraction of sp³-hybridized carbons (Fsp3) is 0.667. The van der Waals surface area contributed by atoms with Crippen LogP contribution < -0.4 is 5.73 Å². The van der Waals surface area contributed by atoms with Crippen molar-refractivity contribution in [2.75, 3.05) is 6.54 Å². The van der Waals surface area contributed by atoms with E-state index in [2.05, 4.69) is 33.4 Å². The third-order valence-corrected chi connectivity index (χ3v) is 2.49. The molecule has 0 saturated heterocycles. The Morgan fingerprint density at radius 2 is 2.15 bits per heavy atom. The summed E-state index contributed by atoms with van der Waals surface area (Å²) in [6.45, 7) is 11.1. The van der Waals surface area contributed by atoms with Gasteiger partial charge in [0.15, 0.2) is 0 Å². The lowest BCUT2D eigenvalue weighted by Gasteiger charge is -2.15. The van der Waals surface area contributed by atoms with E-state index in [4.69, 9.17) is 5.73 Å². The first-order chi connectivity index (χ1) is 6.13. The van der Waals surface area contributed by atoms with Gasteiger partial charge in [0, 0.05) is 6.54 Å². The Balaban J connectivity index is 4.24. The molecule has 0 aromatic carbocycles. The molecule has 0 aliphatic rings. The van der Waals surface area contributed by atoms with Crippen molar-refractivity contribution < 1.29 is 0 Å². The molecule has 0 bridgehead atoms. The van der Waals surface area contributed by atoms with Gasteiger partial charge in [0.05, 0.1) is 0 Å². The van der Waals surface area contributed by atoms with Crippen LogP contribution in [0.4, 0.5) is 0 Å². The zero-order chi connectivity index (χ0) is 10.3. The lowest BCUT2D eigenvalue weighted by molar-refractivity contribution is 0.689. The van der Waals surface area contributed by atoms with Crippen molar-refractivity contribution in [3.8, 4) is 0 Å². The SMILES string of the molecule is C=C(C)C(C)/C(=C/CN)CCCC. The molecule has 0 aromatic heterocycles. The highest BCUT2D eigenvalue weighted by Gasteiger charge is 2.07. The van der Waals surface area contributed by atoms with Crippen molar-refractivity contribution in [2.24, 2.45) is 11.7 Å². The van der Waals surface area contributed by atoms with Crippen LogP contribution in [0.1, 0.15) is 40.0 Å². The van der Waals surface area contributed by atoms with Gasteiger partial charge in [0.1, 0.15) is 0 Å². The zero-order valence-corrected chi connectivity index (χ0v) is 9.27. The van der Waals surface area contributed by atoms with Crippen LogP contribution in [0, 0.1) is 5.92 Å². The van der Waals surface area contributed by atoms with Crippen LogP contribution in [0.3, 0.4) is 0 Å². The lowest BCUT2D eigenvalue weighted by atomic mass is 9.91. The molecule has 1 atom stereocenters. The molecule has 13 heavy (non-hydrogen) atoms.